The van der Waals surface area contributed by atoms with Crippen LogP contribution in [0.3, 0.4) is 0 Å². The molecule has 0 unspecified atom stereocenters. The molecule has 1 aromatic rings. The van der Waals surface area contributed by atoms with Gasteiger partial charge in [-0.25, -0.2) is 0 Å². The second kappa shape index (κ2) is 4.45. The van der Waals surface area contributed by atoms with Crippen molar-refractivity contribution in [2.24, 2.45) is 0 Å². The van der Waals surface area contributed by atoms with Crippen molar-refractivity contribution in [3.05, 3.63) is 21.9 Å². The third-order valence-corrected chi connectivity index (χ3v) is 2.85. The average Bonchev–Trinajstić information content (AvgIpc) is 2.46. The first-order valence-corrected chi connectivity index (χ1v) is 4.90. The first-order valence-electron chi connectivity index (χ1n) is 3.71. The summed E-state index contributed by atoms with van der Waals surface area (Å²) in [7, 11) is 0. The molecule has 0 spiro atoms. The van der Waals surface area contributed by atoms with Crippen molar-refractivity contribution in [2.75, 3.05) is 5.32 Å². The lowest BCUT2D eigenvalue weighted by Gasteiger charge is -1.98. The minimum Gasteiger partial charge on any atom is -0.324 e. The van der Waals surface area contributed by atoms with E-state index in [9.17, 15) is 4.79 Å². The number of hydrogen-bond acceptors (Lipinski definition) is 4. The predicted molar refractivity (Wildman–Crippen MR) is 57.6 cm³/mol. The van der Waals surface area contributed by atoms with E-state index in [1.807, 2.05) is 5.48 Å². The number of carbonyl (C=O) groups is 1. The van der Waals surface area contributed by atoms with E-state index in [0.29, 0.717) is 20.6 Å². The Morgan fingerprint density at radius 3 is 2.86 bits per heavy atom. The van der Waals surface area contributed by atoms with Crippen LogP contribution in [0.1, 0.15) is 11.8 Å². The van der Waals surface area contributed by atoms with E-state index in [0.717, 1.165) is 0 Å². The highest BCUT2D eigenvalue weighted by Gasteiger charge is 2.09. The first kappa shape index (κ1) is 11.0. The number of anilines is 1. The molecule has 1 heterocycles. The topological polar surface area (TPSA) is 61.4 Å². The maximum absolute atomic E-state index is 10.8. The van der Waals surface area contributed by atoms with E-state index in [1.165, 1.54) is 18.3 Å². The molecule has 14 heavy (non-hydrogen) atoms. The van der Waals surface area contributed by atoms with Crippen LogP contribution in [0.15, 0.2) is 12.6 Å². The van der Waals surface area contributed by atoms with Crippen molar-refractivity contribution in [3.8, 4) is 0 Å². The van der Waals surface area contributed by atoms with Gasteiger partial charge in [0.05, 0.1) is 16.3 Å². The fourth-order valence-corrected chi connectivity index (χ4v) is 1.96. The lowest BCUT2D eigenvalue weighted by molar-refractivity contribution is -0.114. The van der Waals surface area contributed by atoms with Crippen LogP contribution in [0.25, 0.3) is 5.70 Å². The van der Waals surface area contributed by atoms with Gasteiger partial charge in [0.2, 0.25) is 5.91 Å². The maximum Gasteiger partial charge on any atom is 0.221 e. The third-order valence-electron chi connectivity index (χ3n) is 1.43. The molecule has 1 amide bonds. The van der Waals surface area contributed by atoms with Gasteiger partial charge in [0, 0.05) is 6.92 Å². The number of amides is 1. The number of rotatable bonds is 3. The average molecular weight is 233 g/mol. The summed E-state index contributed by atoms with van der Waals surface area (Å²) in [6.07, 6.45) is 0. The molecule has 0 saturated carbocycles. The fraction of sp³-hybridized carbons (Fsp3) is 0.125. The summed E-state index contributed by atoms with van der Waals surface area (Å²) in [4.78, 5) is 11.4. The molecule has 0 bridgehead atoms. The molecule has 3 N–H and O–H groups in total. The van der Waals surface area contributed by atoms with Gasteiger partial charge in [-0.2, -0.15) is 0 Å². The monoisotopic (exact) mass is 232 g/mol. The highest BCUT2D eigenvalue weighted by atomic mass is 35.5. The van der Waals surface area contributed by atoms with Crippen LogP contribution in [0.5, 0.6) is 0 Å². The number of hydroxylamine groups is 1. The summed E-state index contributed by atoms with van der Waals surface area (Å²) < 4.78 is 0.451. The smallest absolute Gasteiger partial charge is 0.221 e. The molecular weight excluding hydrogens is 224 g/mol. The Labute approximate surface area is 90.2 Å². The second-order valence-corrected chi connectivity index (χ2v) is 4.22. The Morgan fingerprint density at radius 2 is 2.36 bits per heavy atom. The molecule has 0 radical (unpaired) electrons. The molecule has 0 aliphatic rings. The van der Waals surface area contributed by atoms with Crippen LogP contribution >= 0.6 is 22.9 Å². The fourth-order valence-electron chi connectivity index (χ4n) is 0.847. The zero-order valence-electron chi connectivity index (χ0n) is 7.43. The van der Waals surface area contributed by atoms with Crippen molar-refractivity contribution >= 4 is 40.2 Å². The van der Waals surface area contributed by atoms with Crippen molar-refractivity contribution in [1.82, 2.24) is 5.48 Å². The molecule has 0 atom stereocenters. The maximum atomic E-state index is 10.8. The van der Waals surface area contributed by atoms with Crippen molar-refractivity contribution in [2.45, 2.75) is 6.92 Å². The lowest BCUT2D eigenvalue weighted by atomic mass is 10.3. The summed E-state index contributed by atoms with van der Waals surface area (Å²) in [6.45, 7) is 4.95. The van der Waals surface area contributed by atoms with E-state index in [-0.39, 0.29) is 5.91 Å². The largest absolute Gasteiger partial charge is 0.324 e. The Morgan fingerprint density at radius 1 is 1.71 bits per heavy atom. The summed E-state index contributed by atoms with van der Waals surface area (Å²) in [5, 5.41) is 11.2. The summed E-state index contributed by atoms with van der Waals surface area (Å²) in [6, 6.07) is 1.64. The highest BCUT2D eigenvalue weighted by molar-refractivity contribution is 7.17. The van der Waals surface area contributed by atoms with Gasteiger partial charge in [0.15, 0.2) is 0 Å². The molecule has 1 aromatic heterocycles. The standard InChI is InChI=1S/C8H9ClN2O2S/c1-4(11-13)7-3-6(8(9)14-7)10-5(2)12/h3,11,13H,1H2,2H3,(H,10,12). The van der Waals surface area contributed by atoms with Gasteiger partial charge in [0.25, 0.3) is 0 Å². The minimum atomic E-state index is -0.196. The molecule has 0 aliphatic heterocycles. The normalized spacial score (nSPS) is 9.64. The molecule has 0 saturated heterocycles. The van der Waals surface area contributed by atoms with Gasteiger partial charge < -0.3 is 5.32 Å². The van der Waals surface area contributed by atoms with Gasteiger partial charge >= 0.3 is 0 Å². The molecule has 1 rings (SSSR count). The number of nitrogens with one attached hydrogen (secondary N) is 2. The molecule has 0 aromatic carbocycles. The van der Waals surface area contributed by atoms with E-state index in [4.69, 9.17) is 16.8 Å². The Balaban J connectivity index is 2.93. The van der Waals surface area contributed by atoms with E-state index in [1.54, 1.807) is 6.07 Å². The Hall–Kier alpha value is -1.04. The van der Waals surface area contributed by atoms with Crippen LogP contribution in [0, 0.1) is 0 Å². The van der Waals surface area contributed by atoms with Crippen LogP contribution < -0.4 is 10.8 Å². The van der Waals surface area contributed by atoms with Crippen molar-refractivity contribution in [1.29, 1.82) is 0 Å². The zero-order valence-corrected chi connectivity index (χ0v) is 9.00. The van der Waals surface area contributed by atoms with Crippen LogP contribution in [-0.4, -0.2) is 11.1 Å². The number of thiophene rings is 1. The summed E-state index contributed by atoms with van der Waals surface area (Å²) in [5.41, 5.74) is 2.78. The zero-order chi connectivity index (χ0) is 10.7. The van der Waals surface area contributed by atoms with Crippen molar-refractivity contribution < 1.29 is 10.0 Å². The Kier molecular flexibility index (Phi) is 3.51. The predicted octanol–water partition coefficient (Wildman–Crippen LogP) is 2.31. The van der Waals surface area contributed by atoms with Gasteiger partial charge in [-0.05, 0) is 6.07 Å². The second-order valence-electron chi connectivity index (χ2n) is 2.57. The molecule has 76 valence electrons. The highest BCUT2D eigenvalue weighted by Crippen LogP contribution is 2.34. The van der Waals surface area contributed by atoms with Crippen molar-refractivity contribution in [3.63, 3.8) is 0 Å². The summed E-state index contributed by atoms with van der Waals surface area (Å²) >= 11 is 7.06. The molecule has 0 fully saturated rings. The lowest BCUT2D eigenvalue weighted by Crippen LogP contribution is -2.05. The van der Waals surface area contributed by atoms with Crippen LogP contribution in [-0.2, 0) is 4.79 Å². The molecular formula is C8H9ClN2O2S. The number of hydrogen-bond donors (Lipinski definition) is 3. The van der Waals surface area contributed by atoms with E-state index in [2.05, 4.69) is 11.9 Å². The minimum absolute atomic E-state index is 0.196. The van der Waals surface area contributed by atoms with Gasteiger partial charge in [-0.15, -0.1) is 11.3 Å². The summed E-state index contributed by atoms with van der Waals surface area (Å²) in [5.74, 6) is -0.196. The first-order chi connectivity index (χ1) is 6.54. The van der Waals surface area contributed by atoms with E-state index < -0.39 is 0 Å². The van der Waals surface area contributed by atoms with Crippen LogP contribution in [0.4, 0.5) is 5.69 Å². The van der Waals surface area contributed by atoms with Gasteiger partial charge in [-0.3, -0.25) is 15.5 Å². The Bertz CT molecular complexity index is 375. The number of carbonyl (C=O) groups excluding carboxylic acids is 1. The van der Waals surface area contributed by atoms with E-state index >= 15 is 0 Å². The van der Waals surface area contributed by atoms with Gasteiger partial charge in [0.1, 0.15) is 4.34 Å². The van der Waals surface area contributed by atoms with Gasteiger partial charge in [-0.1, -0.05) is 18.2 Å². The molecule has 6 heteroatoms. The molecule has 4 nitrogen and oxygen atoms in total. The van der Waals surface area contributed by atoms with Crippen LogP contribution in [0.2, 0.25) is 4.34 Å². The number of halogens is 1. The SMILES string of the molecule is C=C(NO)c1cc(NC(C)=O)c(Cl)s1. The molecule has 0 aliphatic carbocycles. The third kappa shape index (κ3) is 2.47. The quantitative estimate of drug-likeness (QED) is 0.701.